The van der Waals surface area contributed by atoms with Crippen LogP contribution >= 0.6 is 0 Å². The molecule has 0 aromatic rings. The van der Waals surface area contributed by atoms with Gasteiger partial charge in [0.15, 0.2) is 0 Å². The molecule has 0 saturated carbocycles. The van der Waals surface area contributed by atoms with E-state index >= 15 is 0 Å². The second-order valence-corrected chi connectivity index (χ2v) is 0. The molecule has 0 aliphatic heterocycles. The largest absolute Gasteiger partial charge is 0.0776 e. The van der Waals surface area contributed by atoms with Crippen molar-refractivity contribution in [3.63, 3.8) is 0 Å². The van der Waals surface area contributed by atoms with Crippen molar-refractivity contribution in [1.82, 2.24) is 0 Å². The van der Waals surface area contributed by atoms with Crippen LogP contribution in [-0.4, -0.2) is 0 Å². The average Bonchev–Trinajstić information content (AvgIpc) is 0. The monoisotopic (exact) mass is 144 g/mol. The lowest BCUT2D eigenvalue weighted by Gasteiger charge is -0.0786. The molecule has 0 fully saturated rings. The van der Waals surface area contributed by atoms with E-state index in [1.807, 2.05) is 0 Å². The fraction of sp³-hybridized carbons (Fsp3) is 1.00. The summed E-state index contributed by atoms with van der Waals surface area (Å²) in [5, 5.41) is 0. The molecule has 8 heavy (non-hydrogen) atoms. The molecule has 0 nitrogen and oxygen atoms in total. The predicted octanol–water partition coefficient (Wildman–Crippen LogP) is 6.07. The van der Waals surface area contributed by atoms with E-state index in [2.05, 4.69) is 0 Å². The van der Waals surface area contributed by atoms with Gasteiger partial charge in [0.1, 0.15) is 0 Å². The van der Waals surface area contributed by atoms with Gasteiger partial charge in [0, 0.05) is 5.71 Å². The molecule has 0 heteroatoms. The molecule has 0 aromatic carbocycles. The highest BCUT2D eigenvalue weighted by Crippen LogP contribution is 0.151. The Labute approximate surface area is 66.3 Å². The van der Waals surface area contributed by atoms with Crippen LogP contribution in [-0.2, 0) is 0 Å². The Balaban J connectivity index is 0. The molecule has 0 atom stereocenters. The molecule has 72 valence electrons. The van der Waals surface area contributed by atoms with Gasteiger partial charge in [-0.05, 0) is 0 Å². The molecule has 0 N–H and O–H groups in total. The average molecular weight is 144 g/mol. The maximum Gasteiger partial charge on any atom is 0 e. The van der Waals surface area contributed by atoms with Crippen LogP contribution in [0.25, 0.3) is 0 Å². The van der Waals surface area contributed by atoms with E-state index in [1.54, 1.807) is 0 Å². The topological polar surface area (TPSA) is 0 Å². The van der Waals surface area contributed by atoms with Crippen LogP contribution in [0, 0.1) is 0 Å². The van der Waals surface area contributed by atoms with E-state index in [4.69, 9.17) is 0 Å². The Bertz CT molecular complexity index is 11.0. The van der Waals surface area contributed by atoms with Crippen molar-refractivity contribution < 1.29 is 5.71 Å². The second kappa shape index (κ2) is 0. The van der Waals surface area contributed by atoms with Gasteiger partial charge in [-0.25, -0.2) is 0 Å². The first kappa shape index (κ1) is 0. The van der Waals surface area contributed by atoms with Gasteiger partial charge < -0.3 is 0 Å². The molecule has 0 bridgehead atoms. The molecule has 0 unspecified atom stereocenters. The minimum atomic E-state index is 0. The fourth-order valence-corrected chi connectivity index (χ4v) is 0. The molecule has 0 amide bonds. The number of rotatable bonds is 0. The van der Waals surface area contributed by atoms with Crippen LogP contribution in [0.3, 0.4) is 0 Å². The molecule has 0 aliphatic rings. The summed E-state index contributed by atoms with van der Waals surface area (Å²) in [4.78, 5) is 0. The first-order chi connectivity index (χ1) is 0. The zero-order valence-corrected chi connectivity index (χ0v) is 0. The Hall–Kier alpha value is 0. The minimum absolute atomic E-state index is 0. The SMILES string of the molecule is C.C.C.C.C.C.C.C.[3HH].[3HH].[3HH].[3HH]. The summed E-state index contributed by atoms with van der Waals surface area (Å²) in [6.07, 6.45) is 0. The van der Waals surface area contributed by atoms with E-state index in [0.717, 1.165) is 0 Å². The van der Waals surface area contributed by atoms with Gasteiger partial charge in [-0.3, -0.25) is 0 Å². The van der Waals surface area contributed by atoms with E-state index in [-0.39, 0.29) is 65.1 Å². The van der Waals surface area contributed by atoms with Crippen LogP contribution in [0.2, 0.25) is 0 Å². The Morgan fingerprint density at radius 2 is 0.250 bits per heavy atom. The van der Waals surface area contributed by atoms with Gasteiger partial charge in [-0.2, -0.15) is 0 Å². The standard InChI is InChI=1S/8CH4.4H2/h8*1H4;4*1H/i;;;;;;;;4*1+2. The third-order valence-corrected chi connectivity index (χ3v) is 0. The summed E-state index contributed by atoms with van der Waals surface area (Å²) in [5.74, 6) is 0. The lowest BCUT2D eigenvalue weighted by molar-refractivity contribution is 2.50. The van der Waals surface area contributed by atoms with Crippen molar-refractivity contribution in [3.05, 3.63) is 0 Å². The summed E-state index contributed by atoms with van der Waals surface area (Å²) in [6, 6.07) is 0. The molecule has 0 aliphatic carbocycles. The van der Waals surface area contributed by atoms with Crippen LogP contribution in [0.4, 0.5) is 0 Å². The highest BCUT2D eigenvalue weighted by molar-refractivity contribution is 2.51. The molecular weight excluding hydrogens is 96.1 g/mol. The van der Waals surface area contributed by atoms with Gasteiger partial charge in [0.05, 0.1) is 0 Å². The van der Waals surface area contributed by atoms with Crippen LogP contribution in [0.15, 0.2) is 0 Å². The van der Waals surface area contributed by atoms with Gasteiger partial charge in [-0.15, -0.1) is 0 Å². The van der Waals surface area contributed by atoms with Gasteiger partial charge in [-0.1, -0.05) is 59.4 Å². The number of hydrogen-bond acceptors (Lipinski definition) is 0. The van der Waals surface area contributed by atoms with Crippen molar-refractivity contribution in [2.45, 2.75) is 59.4 Å². The van der Waals surface area contributed by atoms with Crippen LogP contribution in [0.1, 0.15) is 65.1 Å². The summed E-state index contributed by atoms with van der Waals surface area (Å²) in [6.45, 7) is 0. The zero-order valence-electron chi connectivity index (χ0n) is 0. The Morgan fingerprint density at radius 3 is 0.250 bits per heavy atom. The van der Waals surface area contributed by atoms with E-state index in [9.17, 15) is 0 Å². The highest BCUT2D eigenvalue weighted by atomic mass is 12.0. The molecular formula is C8H40. The molecule has 0 saturated heterocycles. The van der Waals surface area contributed by atoms with E-state index in [0.29, 0.717) is 0 Å². The fourth-order valence-electron chi connectivity index (χ4n) is 0. The lowest BCUT2D eigenvalue weighted by Crippen LogP contribution is 0.143. The van der Waals surface area contributed by atoms with Gasteiger partial charge in [0.25, 0.3) is 0 Å². The molecule has 0 aromatic heterocycles. The normalized spacial score (nSPS) is 0. The third kappa shape index (κ3) is 0. The third-order valence-electron chi connectivity index (χ3n) is 0. The maximum absolute atomic E-state index is 0. The van der Waals surface area contributed by atoms with E-state index < -0.39 is 0 Å². The first-order valence-corrected chi connectivity index (χ1v) is 0. The molecule has 0 rings (SSSR count). The van der Waals surface area contributed by atoms with Crippen molar-refractivity contribution >= 4 is 0 Å². The van der Waals surface area contributed by atoms with Gasteiger partial charge >= 0.3 is 0 Å². The minimum Gasteiger partial charge on any atom is -0.0776 e. The van der Waals surface area contributed by atoms with Crippen LogP contribution < -0.4 is 0 Å². The smallest absolute Gasteiger partial charge is 0 e. The second-order valence-electron chi connectivity index (χ2n) is 0. The van der Waals surface area contributed by atoms with Crippen molar-refractivity contribution in [3.8, 4) is 0 Å². The summed E-state index contributed by atoms with van der Waals surface area (Å²) in [5.41, 5.74) is 0. The molecule has 0 heterocycles. The van der Waals surface area contributed by atoms with Gasteiger partial charge in [0.2, 0.25) is 0 Å². The van der Waals surface area contributed by atoms with Crippen LogP contribution in [0.5, 0.6) is 0 Å². The Kier molecular flexibility index (Phi) is 0. The first-order valence-electron chi connectivity index (χ1n) is 0. The summed E-state index contributed by atoms with van der Waals surface area (Å²) in [7, 11) is 0. The number of hydrogen-bond donors (Lipinski definition) is 0. The van der Waals surface area contributed by atoms with Crippen molar-refractivity contribution in [2.75, 3.05) is 0 Å². The highest BCUT2D eigenvalue weighted by Gasteiger charge is -0.0706. The predicted molar refractivity (Wildman–Crippen MR) is 62.3 cm³/mol. The summed E-state index contributed by atoms with van der Waals surface area (Å²) >= 11 is 0. The quantitative estimate of drug-likeness (QED) is 0.387. The van der Waals surface area contributed by atoms with E-state index in [1.165, 1.54) is 0 Å². The zero-order chi connectivity index (χ0) is 0. The summed E-state index contributed by atoms with van der Waals surface area (Å²) < 4.78 is 0. The Morgan fingerprint density at radius 1 is 0.250 bits per heavy atom. The molecule has 0 spiro atoms. The molecule has 0 radical (unpaired) electrons. The lowest BCUT2D eigenvalue weighted by atomic mass is 12.0. The van der Waals surface area contributed by atoms with Crippen molar-refractivity contribution in [2.24, 2.45) is 0 Å². The van der Waals surface area contributed by atoms with Crippen molar-refractivity contribution in [1.29, 1.82) is 0 Å². The maximum atomic E-state index is 0.